The minimum absolute atomic E-state index is 0.0613. The number of benzene rings is 1. The van der Waals surface area contributed by atoms with E-state index in [0.29, 0.717) is 6.04 Å². The van der Waals surface area contributed by atoms with Crippen LogP contribution in [0.15, 0.2) is 28.7 Å². The third-order valence-corrected chi connectivity index (χ3v) is 4.22. The van der Waals surface area contributed by atoms with E-state index < -0.39 is 0 Å². The summed E-state index contributed by atoms with van der Waals surface area (Å²) in [6.45, 7) is 5.40. The fourth-order valence-electron chi connectivity index (χ4n) is 2.32. The van der Waals surface area contributed by atoms with Gasteiger partial charge in [-0.2, -0.15) is 0 Å². The second-order valence-corrected chi connectivity index (χ2v) is 6.28. The van der Waals surface area contributed by atoms with Gasteiger partial charge in [0.2, 0.25) is 0 Å². The van der Waals surface area contributed by atoms with Crippen LogP contribution in [-0.4, -0.2) is 18.2 Å². The fraction of sp³-hybridized carbons (Fsp3) is 0.600. The van der Waals surface area contributed by atoms with Gasteiger partial charge in [-0.3, -0.25) is 0 Å². The van der Waals surface area contributed by atoms with Crippen molar-refractivity contribution in [1.29, 1.82) is 0 Å². The van der Waals surface area contributed by atoms with E-state index in [0.717, 1.165) is 23.2 Å². The van der Waals surface area contributed by atoms with E-state index >= 15 is 0 Å². The van der Waals surface area contributed by atoms with Gasteiger partial charge in [-0.05, 0) is 60.3 Å². The molecular formula is C15H22BrNO. The van der Waals surface area contributed by atoms with Crippen molar-refractivity contribution in [2.45, 2.75) is 51.2 Å². The van der Waals surface area contributed by atoms with E-state index in [4.69, 9.17) is 4.74 Å². The molecule has 3 heteroatoms. The first kappa shape index (κ1) is 13.9. The molecule has 2 rings (SSSR count). The van der Waals surface area contributed by atoms with Crippen LogP contribution in [0.5, 0.6) is 5.75 Å². The molecule has 1 fully saturated rings. The number of para-hydroxylation sites is 1. The molecule has 0 aromatic heterocycles. The highest BCUT2D eigenvalue weighted by Gasteiger charge is 2.39. The van der Waals surface area contributed by atoms with Crippen molar-refractivity contribution in [3.05, 3.63) is 28.7 Å². The Morgan fingerprint density at radius 1 is 1.33 bits per heavy atom. The van der Waals surface area contributed by atoms with Gasteiger partial charge in [-0.1, -0.05) is 26.0 Å². The second kappa shape index (κ2) is 6.07. The Morgan fingerprint density at radius 3 is 2.61 bits per heavy atom. The van der Waals surface area contributed by atoms with Crippen molar-refractivity contribution >= 4 is 15.9 Å². The summed E-state index contributed by atoms with van der Waals surface area (Å²) in [7, 11) is 0. The Kier molecular flexibility index (Phi) is 4.68. The molecule has 1 aliphatic carbocycles. The molecule has 1 N–H and O–H groups in total. The highest BCUT2D eigenvalue weighted by molar-refractivity contribution is 9.10. The van der Waals surface area contributed by atoms with Gasteiger partial charge in [-0.15, -0.1) is 0 Å². The lowest BCUT2D eigenvalue weighted by Gasteiger charge is -2.42. The SMILES string of the molecule is CC(C)NCCC1(Oc2ccccc2Br)CCC1. The lowest BCUT2D eigenvalue weighted by molar-refractivity contribution is -0.0151. The summed E-state index contributed by atoms with van der Waals surface area (Å²) in [5.41, 5.74) is 0.0613. The normalized spacial score (nSPS) is 17.6. The van der Waals surface area contributed by atoms with Crippen molar-refractivity contribution in [2.75, 3.05) is 6.54 Å². The first-order chi connectivity index (χ1) is 8.61. The molecular weight excluding hydrogens is 290 g/mol. The summed E-state index contributed by atoms with van der Waals surface area (Å²) < 4.78 is 7.31. The molecule has 18 heavy (non-hydrogen) atoms. The summed E-state index contributed by atoms with van der Waals surface area (Å²) >= 11 is 3.55. The molecule has 0 bridgehead atoms. The molecule has 1 aliphatic rings. The molecule has 0 unspecified atom stereocenters. The Hall–Kier alpha value is -0.540. The third kappa shape index (κ3) is 3.48. The molecule has 0 atom stereocenters. The molecule has 0 heterocycles. The van der Waals surface area contributed by atoms with E-state index in [1.54, 1.807) is 0 Å². The first-order valence-corrected chi connectivity index (χ1v) is 7.58. The Balaban J connectivity index is 1.94. The van der Waals surface area contributed by atoms with Crippen LogP contribution in [0.3, 0.4) is 0 Å². The maximum Gasteiger partial charge on any atom is 0.134 e. The van der Waals surface area contributed by atoms with E-state index in [1.807, 2.05) is 24.3 Å². The Morgan fingerprint density at radius 2 is 2.06 bits per heavy atom. The quantitative estimate of drug-likeness (QED) is 0.852. The van der Waals surface area contributed by atoms with Gasteiger partial charge < -0.3 is 10.1 Å². The van der Waals surface area contributed by atoms with Gasteiger partial charge in [0.05, 0.1) is 4.47 Å². The van der Waals surface area contributed by atoms with Crippen LogP contribution in [0, 0.1) is 0 Å². The Bertz CT molecular complexity index is 388. The summed E-state index contributed by atoms with van der Waals surface area (Å²) in [5.74, 6) is 0.974. The first-order valence-electron chi connectivity index (χ1n) is 6.78. The average Bonchev–Trinajstić information content (AvgIpc) is 2.28. The predicted octanol–water partition coefficient (Wildman–Crippen LogP) is 4.14. The van der Waals surface area contributed by atoms with E-state index in [2.05, 4.69) is 35.1 Å². The van der Waals surface area contributed by atoms with Crippen LogP contribution < -0.4 is 10.1 Å². The fourth-order valence-corrected chi connectivity index (χ4v) is 2.69. The molecule has 0 spiro atoms. The highest BCUT2D eigenvalue weighted by atomic mass is 79.9. The largest absolute Gasteiger partial charge is 0.486 e. The zero-order chi connectivity index (χ0) is 13.0. The van der Waals surface area contributed by atoms with Crippen molar-refractivity contribution < 1.29 is 4.74 Å². The molecule has 1 aromatic carbocycles. The van der Waals surface area contributed by atoms with Crippen LogP contribution in [0.25, 0.3) is 0 Å². The minimum atomic E-state index is 0.0613. The molecule has 1 aromatic rings. The molecule has 100 valence electrons. The number of hydrogen-bond donors (Lipinski definition) is 1. The van der Waals surface area contributed by atoms with E-state index in [1.165, 1.54) is 19.3 Å². The molecule has 0 saturated heterocycles. The minimum Gasteiger partial charge on any atom is -0.486 e. The van der Waals surface area contributed by atoms with Crippen LogP contribution in [-0.2, 0) is 0 Å². The van der Waals surface area contributed by atoms with E-state index in [-0.39, 0.29) is 5.60 Å². The van der Waals surface area contributed by atoms with Crippen molar-refractivity contribution in [3.8, 4) is 5.75 Å². The van der Waals surface area contributed by atoms with Gasteiger partial charge in [0, 0.05) is 6.04 Å². The smallest absolute Gasteiger partial charge is 0.134 e. The lowest BCUT2D eigenvalue weighted by atomic mass is 9.77. The van der Waals surface area contributed by atoms with Gasteiger partial charge >= 0.3 is 0 Å². The number of nitrogens with one attached hydrogen (secondary N) is 1. The topological polar surface area (TPSA) is 21.3 Å². The van der Waals surface area contributed by atoms with E-state index in [9.17, 15) is 0 Å². The van der Waals surface area contributed by atoms with Crippen molar-refractivity contribution in [1.82, 2.24) is 5.32 Å². The maximum atomic E-state index is 6.26. The zero-order valence-corrected chi connectivity index (χ0v) is 12.8. The summed E-state index contributed by atoms with van der Waals surface area (Å²) in [4.78, 5) is 0. The summed E-state index contributed by atoms with van der Waals surface area (Å²) in [6.07, 6.45) is 4.72. The van der Waals surface area contributed by atoms with Crippen molar-refractivity contribution in [2.24, 2.45) is 0 Å². The monoisotopic (exact) mass is 311 g/mol. The van der Waals surface area contributed by atoms with Gasteiger partial charge in [0.25, 0.3) is 0 Å². The van der Waals surface area contributed by atoms with Gasteiger partial charge in [0.15, 0.2) is 0 Å². The van der Waals surface area contributed by atoms with Crippen LogP contribution >= 0.6 is 15.9 Å². The number of ether oxygens (including phenoxy) is 1. The van der Waals surface area contributed by atoms with Gasteiger partial charge in [0.1, 0.15) is 11.4 Å². The Labute approximate surface area is 118 Å². The highest BCUT2D eigenvalue weighted by Crippen LogP contribution is 2.41. The molecule has 1 saturated carbocycles. The molecule has 0 radical (unpaired) electrons. The summed E-state index contributed by atoms with van der Waals surface area (Å²) in [6, 6.07) is 8.67. The zero-order valence-electron chi connectivity index (χ0n) is 11.2. The predicted molar refractivity (Wildman–Crippen MR) is 79.1 cm³/mol. The van der Waals surface area contributed by atoms with Crippen LogP contribution in [0.1, 0.15) is 39.5 Å². The van der Waals surface area contributed by atoms with Crippen LogP contribution in [0.2, 0.25) is 0 Å². The van der Waals surface area contributed by atoms with Crippen molar-refractivity contribution in [3.63, 3.8) is 0 Å². The third-order valence-electron chi connectivity index (χ3n) is 3.56. The second-order valence-electron chi connectivity index (χ2n) is 5.43. The number of halogens is 1. The van der Waals surface area contributed by atoms with Crippen LogP contribution in [0.4, 0.5) is 0 Å². The number of rotatable bonds is 6. The standard InChI is InChI=1S/C15H22BrNO/c1-12(2)17-11-10-15(8-5-9-15)18-14-7-4-3-6-13(14)16/h3-4,6-7,12,17H,5,8-11H2,1-2H3. The maximum absolute atomic E-state index is 6.26. The molecule has 0 aliphatic heterocycles. The van der Waals surface area contributed by atoms with Gasteiger partial charge in [-0.25, -0.2) is 0 Å². The molecule has 2 nitrogen and oxygen atoms in total. The number of hydrogen-bond acceptors (Lipinski definition) is 2. The average molecular weight is 312 g/mol. The molecule has 0 amide bonds. The lowest BCUT2D eigenvalue weighted by Crippen LogP contribution is -2.46. The summed E-state index contributed by atoms with van der Waals surface area (Å²) in [5, 5.41) is 3.48.